The van der Waals surface area contributed by atoms with Crippen LogP contribution in [-0.4, -0.2) is 48.6 Å². The van der Waals surface area contributed by atoms with E-state index in [0.29, 0.717) is 27.8 Å². The molecule has 7 nitrogen and oxygen atoms in total. The number of halogens is 6. The first-order valence-electron chi connectivity index (χ1n) is 11.3. The van der Waals surface area contributed by atoms with Crippen LogP contribution < -0.4 is 4.74 Å². The number of aryl methyl sites for hydroxylation is 1. The summed E-state index contributed by atoms with van der Waals surface area (Å²) in [4.78, 5) is 26.2. The lowest BCUT2D eigenvalue weighted by Gasteiger charge is -2.35. The first-order valence-corrected chi connectivity index (χ1v) is 12.9. The highest BCUT2D eigenvalue weighted by molar-refractivity contribution is 7.85. The molecule has 0 atom stereocenters. The number of alkyl halides is 6. The minimum Gasteiger partial charge on any atom is -0.434 e. The number of esters is 2. The zero-order chi connectivity index (χ0) is 29.7. The molecule has 0 saturated carbocycles. The number of carbonyl (C=O) groups is 2. The number of ether oxygens (including phenoxy) is 2. The van der Waals surface area contributed by atoms with Gasteiger partial charge in [0.1, 0.15) is 23.0 Å². The maximum atomic E-state index is 13.7. The molecule has 0 aliphatic heterocycles. The van der Waals surface area contributed by atoms with Crippen LogP contribution in [0.4, 0.5) is 26.3 Å². The van der Waals surface area contributed by atoms with E-state index in [0.717, 1.165) is 18.2 Å². The molecule has 40 heavy (non-hydrogen) atoms. The van der Waals surface area contributed by atoms with Crippen molar-refractivity contribution in [3.8, 4) is 16.9 Å². The standard InChI is InChI=1S/C26H18F6O7S/c1-14-10-11-19(22(33)39-24(25(27,28)29,26(30,31)32)13-40(35,36)37)20(12-14)38-23(34)21-17-8-4-2-6-15(17)16-7-3-5-9-18(16)21/h2-12,21H,13H2,1H3,(H,35,36,37). The van der Waals surface area contributed by atoms with E-state index in [1.165, 1.54) is 6.92 Å². The summed E-state index contributed by atoms with van der Waals surface area (Å²) in [5, 5.41) is 0. The van der Waals surface area contributed by atoms with Gasteiger partial charge >= 0.3 is 29.9 Å². The Morgan fingerprint density at radius 3 is 1.82 bits per heavy atom. The van der Waals surface area contributed by atoms with Crippen molar-refractivity contribution in [1.82, 2.24) is 0 Å². The topological polar surface area (TPSA) is 107 Å². The van der Waals surface area contributed by atoms with Gasteiger partial charge in [-0.1, -0.05) is 54.6 Å². The van der Waals surface area contributed by atoms with E-state index >= 15 is 0 Å². The summed E-state index contributed by atoms with van der Waals surface area (Å²) in [5.74, 6) is -8.10. The quantitative estimate of drug-likeness (QED) is 0.172. The number of fused-ring (bicyclic) bond motifs is 3. The minimum absolute atomic E-state index is 0.308. The van der Waals surface area contributed by atoms with Crippen molar-refractivity contribution in [2.24, 2.45) is 0 Å². The average Bonchev–Trinajstić information content (AvgIpc) is 3.16. The number of carbonyl (C=O) groups excluding carboxylic acids is 2. The lowest BCUT2D eigenvalue weighted by Crippen LogP contribution is -2.63. The fraction of sp³-hybridized carbons (Fsp3) is 0.231. The molecule has 0 aromatic heterocycles. The molecule has 0 bridgehead atoms. The largest absolute Gasteiger partial charge is 0.438 e. The summed E-state index contributed by atoms with van der Waals surface area (Å²) in [5.41, 5.74) is -3.89. The Morgan fingerprint density at radius 1 is 0.850 bits per heavy atom. The third-order valence-electron chi connectivity index (χ3n) is 6.21. The van der Waals surface area contributed by atoms with Crippen molar-refractivity contribution in [3.05, 3.63) is 89.0 Å². The maximum absolute atomic E-state index is 13.7. The highest BCUT2D eigenvalue weighted by Gasteiger charge is 2.76. The highest BCUT2D eigenvalue weighted by Crippen LogP contribution is 2.48. The summed E-state index contributed by atoms with van der Waals surface area (Å²) in [6, 6.07) is 16.5. The second-order valence-electron chi connectivity index (χ2n) is 8.97. The Hall–Kier alpha value is -3.91. The van der Waals surface area contributed by atoms with Gasteiger partial charge in [0.05, 0.1) is 0 Å². The van der Waals surface area contributed by atoms with Crippen molar-refractivity contribution in [2.75, 3.05) is 5.75 Å². The molecule has 0 spiro atoms. The molecule has 14 heteroatoms. The minimum atomic E-state index is -6.52. The van der Waals surface area contributed by atoms with Crippen molar-refractivity contribution >= 4 is 22.1 Å². The first kappa shape index (κ1) is 29.1. The van der Waals surface area contributed by atoms with Gasteiger partial charge in [-0.2, -0.15) is 34.8 Å². The van der Waals surface area contributed by atoms with Gasteiger partial charge in [-0.15, -0.1) is 0 Å². The third kappa shape index (κ3) is 5.28. The molecular formula is C26H18F6O7S. The molecule has 0 fully saturated rings. The number of rotatable bonds is 6. The summed E-state index contributed by atoms with van der Waals surface area (Å²) in [7, 11) is -5.98. The maximum Gasteiger partial charge on any atom is 0.438 e. The molecule has 3 aromatic rings. The molecule has 4 rings (SSSR count). The van der Waals surface area contributed by atoms with E-state index in [9.17, 15) is 44.3 Å². The molecule has 0 heterocycles. The van der Waals surface area contributed by atoms with Gasteiger partial charge in [-0.05, 0) is 46.9 Å². The summed E-state index contributed by atoms with van der Waals surface area (Å²) >= 11 is 0. The fourth-order valence-electron chi connectivity index (χ4n) is 4.40. The molecule has 0 saturated heterocycles. The first-order chi connectivity index (χ1) is 18.5. The van der Waals surface area contributed by atoms with Crippen LogP contribution in [0.5, 0.6) is 5.75 Å². The van der Waals surface area contributed by atoms with Gasteiger partial charge in [0.15, 0.2) is 0 Å². The Kier molecular flexibility index (Phi) is 7.22. The summed E-state index contributed by atoms with van der Waals surface area (Å²) < 4.78 is 122. The van der Waals surface area contributed by atoms with E-state index in [2.05, 4.69) is 4.74 Å². The zero-order valence-corrected chi connectivity index (χ0v) is 21.0. The van der Waals surface area contributed by atoms with Crippen LogP contribution in [0.15, 0.2) is 66.7 Å². The van der Waals surface area contributed by atoms with Crippen molar-refractivity contribution in [2.45, 2.75) is 30.8 Å². The summed E-state index contributed by atoms with van der Waals surface area (Å²) in [6.07, 6.45) is -13.0. The van der Waals surface area contributed by atoms with Crippen molar-refractivity contribution in [3.63, 3.8) is 0 Å². The van der Waals surface area contributed by atoms with E-state index < -0.39 is 63.0 Å². The van der Waals surface area contributed by atoms with Gasteiger partial charge in [-0.3, -0.25) is 9.35 Å². The third-order valence-corrected chi connectivity index (χ3v) is 6.98. The predicted octanol–water partition coefficient (Wildman–Crippen LogP) is 5.62. The highest BCUT2D eigenvalue weighted by atomic mass is 32.2. The molecule has 1 N–H and O–H groups in total. The van der Waals surface area contributed by atoms with Crippen LogP contribution in [0.25, 0.3) is 11.1 Å². The molecular weight excluding hydrogens is 570 g/mol. The fourth-order valence-corrected chi connectivity index (χ4v) is 5.30. The van der Waals surface area contributed by atoms with Crippen LogP contribution in [0.1, 0.15) is 33.0 Å². The molecule has 0 amide bonds. The Balaban J connectivity index is 1.74. The van der Waals surface area contributed by atoms with Gasteiger partial charge in [0, 0.05) is 0 Å². The lowest BCUT2D eigenvalue weighted by atomic mass is 9.97. The smallest absolute Gasteiger partial charge is 0.434 e. The molecule has 1 aliphatic carbocycles. The van der Waals surface area contributed by atoms with Crippen molar-refractivity contribution in [1.29, 1.82) is 0 Å². The SMILES string of the molecule is Cc1ccc(C(=O)OC(CS(=O)(=O)O)(C(F)(F)F)C(F)(F)F)c(OC(=O)C2c3ccccc3-c3ccccc32)c1. The van der Waals surface area contributed by atoms with Gasteiger partial charge in [0.25, 0.3) is 10.1 Å². The zero-order valence-electron chi connectivity index (χ0n) is 20.2. The second-order valence-corrected chi connectivity index (χ2v) is 10.4. The molecule has 3 aromatic carbocycles. The average molecular weight is 588 g/mol. The van der Waals surface area contributed by atoms with Crippen LogP contribution in [-0.2, 0) is 19.6 Å². The Bertz CT molecular complexity index is 1540. The number of benzene rings is 3. The number of hydrogen-bond acceptors (Lipinski definition) is 6. The van der Waals surface area contributed by atoms with E-state index in [1.54, 1.807) is 48.5 Å². The number of hydrogen-bond donors (Lipinski definition) is 1. The van der Waals surface area contributed by atoms with Crippen molar-refractivity contribution < 1.29 is 58.4 Å². The van der Waals surface area contributed by atoms with Crippen LogP contribution in [0.2, 0.25) is 0 Å². The lowest BCUT2D eigenvalue weighted by molar-refractivity contribution is -0.356. The van der Waals surface area contributed by atoms with E-state index in [-0.39, 0.29) is 0 Å². The molecule has 212 valence electrons. The van der Waals surface area contributed by atoms with Crippen LogP contribution in [0, 0.1) is 6.92 Å². The molecule has 0 radical (unpaired) electrons. The predicted molar refractivity (Wildman–Crippen MR) is 127 cm³/mol. The second kappa shape index (κ2) is 9.93. The molecule has 1 aliphatic rings. The van der Waals surface area contributed by atoms with Crippen LogP contribution >= 0.6 is 0 Å². The monoisotopic (exact) mass is 588 g/mol. The van der Waals surface area contributed by atoms with Crippen LogP contribution in [0.3, 0.4) is 0 Å². The van der Waals surface area contributed by atoms with E-state index in [1.807, 2.05) is 0 Å². The Morgan fingerprint density at radius 2 is 1.35 bits per heavy atom. The van der Waals surface area contributed by atoms with Gasteiger partial charge < -0.3 is 9.47 Å². The normalized spacial score (nSPS) is 13.9. The summed E-state index contributed by atoms with van der Waals surface area (Å²) in [6.45, 7) is 1.45. The Labute approximate surface area is 223 Å². The molecule has 0 unspecified atom stereocenters. The van der Waals surface area contributed by atoms with Gasteiger partial charge in [-0.25, -0.2) is 4.79 Å². The van der Waals surface area contributed by atoms with Gasteiger partial charge in [0.2, 0.25) is 0 Å². The van der Waals surface area contributed by atoms with E-state index in [4.69, 9.17) is 9.29 Å².